The summed E-state index contributed by atoms with van der Waals surface area (Å²) in [5, 5.41) is 4.06. The zero-order chi connectivity index (χ0) is 20.8. The van der Waals surface area contributed by atoms with Gasteiger partial charge in [0.1, 0.15) is 5.75 Å². The van der Waals surface area contributed by atoms with Gasteiger partial charge in [0.25, 0.3) is 5.91 Å². The Labute approximate surface area is 184 Å². The average Bonchev–Trinajstić information content (AvgIpc) is 3.16. The Bertz CT molecular complexity index is 973. The molecule has 3 aromatic rings. The van der Waals surface area contributed by atoms with Crippen molar-refractivity contribution in [3.63, 3.8) is 0 Å². The van der Waals surface area contributed by atoms with Gasteiger partial charge in [-0.05, 0) is 24.3 Å². The van der Waals surface area contributed by atoms with Gasteiger partial charge in [0.05, 0.1) is 18.9 Å². The lowest BCUT2D eigenvalue weighted by atomic mass is 10.1. The minimum Gasteiger partial charge on any atom is -0.484 e. The Morgan fingerprint density at radius 2 is 1.87 bits per heavy atom. The summed E-state index contributed by atoms with van der Waals surface area (Å²) in [6, 6.07) is 16.9. The first-order valence-electron chi connectivity index (χ1n) is 9.71. The molecule has 2 heterocycles. The summed E-state index contributed by atoms with van der Waals surface area (Å²) in [5.41, 5.74) is 1.94. The van der Waals surface area contributed by atoms with E-state index in [0.29, 0.717) is 15.9 Å². The molecule has 30 heavy (non-hydrogen) atoms. The van der Waals surface area contributed by atoms with E-state index in [1.807, 2.05) is 30.3 Å². The minimum atomic E-state index is -0.253. The number of aromatic nitrogens is 1. The van der Waals surface area contributed by atoms with Gasteiger partial charge in [-0.1, -0.05) is 53.3 Å². The van der Waals surface area contributed by atoms with Gasteiger partial charge in [-0.2, -0.15) is 0 Å². The summed E-state index contributed by atoms with van der Waals surface area (Å²) in [6.45, 7) is 3.95. The number of amides is 1. The quantitative estimate of drug-likeness (QED) is 0.589. The van der Waals surface area contributed by atoms with Gasteiger partial charge in [0.15, 0.2) is 11.7 Å². The summed E-state index contributed by atoms with van der Waals surface area (Å²) >= 11 is 7.37. The van der Waals surface area contributed by atoms with Crippen molar-refractivity contribution in [2.45, 2.75) is 6.54 Å². The number of thiazole rings is 1. The van der Waals surface area contributed by atoms with Crippen LogP contribution in [0.15, 0.2) is 54.6 Å². The number of nitrogens with zero attached hydrogens (tertiary/aromatic N) is 2. The van der Waals surface area contributed by atoms with E-state index >= 15 is 0 Å². The van der Waals surface area contributed by atoms with Crippen LogP contribution in [0.25, 0.3) is 11.3 Å². The molecule has 0 unspecified atom stereocenters. The number of hydrogen-bond acceptors (Lipinski definition) is 6. The molecule has 0 spiro atoms. The predicted octanol–water partition coefficient (Wildman–Crippen LogP) is 4.31. The Kier molecular flexibility index (Phi) is 6.96. The number of nitrogens with one attached hydrogen (secondary N) is 1. The van der Waals surface area contributed by atoms with Crippen LogP contribution in [0.3, 0.4) is 0 Å². The molecule has 156 valence electrons. The molecule has 1 fully saturated rings. The highest BCUT2D eigenvalue weighted by molar-refractivity contribution is 7.16. The molecule has 4 rings (SSSR count). The number of morpholine rings is 1. The first-order chi connectivity index (χ1) is 14.7. The number of hydrogen-bond donors (Lipinski definition) is 1. The Morgan fingerprint density at radius 1 is 1.13 bits per heavy atom. The normalized spacial score (nSPS) is 14.4. The topological polar surface area (TPSA) is 63.7 Å². The first kappa shape index (κ1) is 20.8. The number of ether oxygens (including phenoxy) is 2. The van der Waals surface area contributed by atoms with E-state index in [2.05, 4.69) is 10.2 Å². The van der Waals surface area contributed by atoms with Gasteiger partial charge in [-0.3, -0.25) is 15.0 Å². The van der Waals surface area contributed by atoms with Crippen LogP contribution in [0, 0.1) is 0 Å². The molecule has 0 bridgehead atoms. The summed E-state index contributed by atoms with van der Waals surface area (Å²) in [7, 11) is 0. The smallest absolute Gasteiger partial charge is 0.264 e. The summed E-state index contributed by atoms with van der Waals surface area (Å²) < 4.78 is 11.0. The Hall–Kier alpha value is -2.45. The summed E-state index contributed by atoms with van der Waals surface area (Å²) in [4.78, 5) is 20.6. The molecule has 8 heteroatoms. The number of benzene rings is 2. The first-order valence-corrected chi connectivity index (χ1v) is 10.9. The third-order valence-corrected chi connectivity index (χ3v) is 5.85. The molecule has 0 radical (unpaired) electrons. The SMILES string of the molecule is O=C(COc1ccc(Cl)cc1)Nc1nc(-c2ccccc2)c(CN2CCOCC2)s1. The maximum Gasteiger partial charge on any atom is 0.264 e. The van der Waals surface area contributed by atoms with Crippen LogP contribution in [-0.4, -0.2) is 48.7 Å². The molecule has 1 aliphatic heterocycles. The van der Waals surface area contributed by atoms with Crippen molar-refractivity contribution in [3.05, 3.63) is 64.5 Å². The van der Waals surface area contributed by atoms with Gasteiger partial charge in [-0.25, -0.2) is 4.98 Å². The third kappa shape index (κ3) is 5.58. The van der Waals surface area contributed by atoms with E-state index in [1.54, 1.807) is 24.3 Å². The van der Waals surface area contributed by atoms with Crippen LogP contribution in [0.5, 0.6) is 5.75 Å². The van der Waals surface area contributed by atoms with Crippen molar-refractivity contribution < 1.29 is 14.3 Å². The lowest BCUT2D eigenvalue weighted by molar-refractivity contribution is -0.118. The van der Waals surface area contributed by atoms with E-state index in [1.165, 1.54) is 11.3 Å². The van der Waals surface area contributed by atoms with Crippen LogP contribution in [-0.2, 0) is 16.1 Å². The number of halogens is 1. The van der Waals surface area contributed by atoms with Crippen molar-refractivity contribution in [1.82, 2.24) is 9.88 Å². The number of rotatable bonds is 7. The van der Waals surface area contributed by atoms with E-state index in [4.69, 9.17) is 26.1 Å². The molecule has 1 saturated heterocycles. The number of anilines is 1. The van der Waals surface area contributed by atoms with Crippen molar-refractivity contribution >= 4 is 34.0 Å². The van der Waals surface area contributed by atoms with Crippen molar-refractivity contribution in [1.29, 1.82) is 0 Å². The molecule has 0 aliphatic carbocycles. The van der Waals surface area contributed by atoms with Crippen LogP contribution < -0.4 is 10.1 Å². The average molecular weight is 444 g/mol. The molecule has 1 aromatic heterocycles. The van der Waals surface area contributed by atoms with Gasteiger partial charge in [0, 0.05) is 35.1 Å². The summed E-state index contributed by atoms with van der Waals surface area (Å²) in [5.74, 6) is 0.336. The van der Waals surface area contributed by atoms with Gasteiger partial charge in [0.2, 0.25) is 0 Å². The van der Waals surface area contributed by atoms with E-state index in [9.17, 15) is 4.79 Å². The van der Waals surface area contributed by atoms with Crippen molar-refractivity contribution in [2.75, 3.05) is 38.2 Å². The van der Waals surface area contributed by atoms with Crippen LogP contribution in [0.4, 0.5) is 5.13 Å². The maximum absolute atomic E-state index is 12.4. The van der Waals surface area contributed by atoms with Crippen LogP contribution >= 0.6 is 22.9 Å². The molecule has 6 nitrogen and oxygen atoms in total. The second-order valence-corrected chi connectivity index (χ2v) is 8.36. The summed E-state index contributed by atoms with van der Waals surface area (Å²) in [6.07, 6.45) is 0. The molecular formula is C22H22ClN3O3S. The van der Waals surface area contributed by atoms with Gasteiger partial charge >= 0.3 is 0 Å². The molecule has 1 N–H and O–H groups in total. The molecule has 1 aliphatic rings. The fraction of sp³-hybridized carbons (Fsp3) is 0.273. The highest BCUT2D eigenvalue weighted by atomic mass is 35.5. The molecule has 0 saturated carbocycles. The van der Waals surface area contributed by atoms with E-state index in [-0.39, 0.29) is 12.5 Å². The predicted molar refractivity (Wildman–Crippen MR) is 119 cm³/mol. The third-order valence-electron chi connectivity index (χ3n) is 4.65. The van der Waals surface area contributed by atoms with Crippen LogP contribution in [0.1, 0.15) is 4.88 Å². The second kappa shape index (κ2) is 10.0. The van der Waals surface area contributed by atoms with Crippen LogP contribution in [0.2, 0.25) is 5.02 Å². The lowest BCUT2D eigenvalue weighted by Crippen LogP contribution is -2.35. The van der Waals surface area contributed by atoms with Gasteiger partial charge in [-0.15, -0.1) is 0 Å². The monoisotopic (exact) mass is 443 g/mol. The highest BCUT2D eigenvalue weighted by Crippen LogP contribution is 2.32. The molecule has 0 atom stereocenters. The number of carbonyl (C=O) groups excluding carboxylic acids is 1. The molecule has 2 aromatic carbocycles. The number of carbonyl (C=O) groups is 1. The zero-order valence-corrected chi connectivity index (χ0v) is 17.9. The van der Waals surface area contributed by atoms with E-state index < -0.39 is 0 Å². The van der Waals surface area contributed by atoms with E-state index in [0.717, 1.165) is 49.0 Å². The standard InChI is InChI=1S/C22H22ClN3O3S/c23-17-6-8-18(9-7-17)29-15-20(27)24-22-25-21(16-4-2-1-3-5-16)19(30-22)14-26-10-12-28-13-11-26/h1-9H,10-15H2,(H,24,25,27). The Balaban J connectivity index is 1.45. The van der Waals surface area contributed by atoms with Gasteiger partial charge < -0.3 is 9.47 Å². The van der Waals surface area contributed by atoms with Crippen molar-refractivity contribution in [2.24, 2.45) is 0 Å². The zero-order valence-electron chi connectivity index (χ0n) is 16.3. The fourth-order valence-corrected chi connectivity index (χ4v) is 4.30. The fourth-order valence-electron chi connectivity index (χ4n) is 3.13. The van der Waals surface area contributed by atoms with Crippen molar-refractivity contribution in [3.8, 4) is 17.0 Å². The highest BCUT2D eigenvalue weighted by Gasteiger charge is 2.19. The Morgan fingerprint density at radius 3 is 2.60 bits per heavy atom. The minimum absolute atomic E-state index is 0.0965. The molecular weight excluding hydrogens is 422 g/mol. The largest absolute Gasteiger partial charge is 0.484 e. The second-order valence-electron chi connectivity index (χ2n) is 6.84. The lowest BCUT2D eigenvalue weighted by Gasteiger charge is -2.26. The molecule has 1 amide bonds. The maximum atomic E-state index is 12.4.